The summed E-state index contributed by atoms with van der Waals surface area (Å²) in [5.74, 6) is 0. The molecule has 1 aromatic heterocycles. The van der Waals surface area contributed by atoms with Crippen LogP contribution in [0.1, 0.15) is 0 Å². The van der Waals surface area contributed by atoms with Crippen LogP contribution < -0.4 is 4.90 Å². The van der Waals surface area contributed by atoms with Crippen molar-refractivity contribution in [2.45, 2.75) is 0 Å². The summed E-state index contributed by atoms with van der Waals surface area (Å²) >= 11 is 1.87. The predicted molar refractivity (Wildman–Crippen MR) is 217 cm³/mol. The highest BCUT2D eigenvalue weighted by Gasteiger charge is 2.16. The fourth-order valence-electron chi connectivity index (χ4n) is 7.65. The molecule has 0 fully saturated rings. The van der Waals surface area contributed by atoms with E-state index in [-0.39, 0.29) is 0 Å². The molecule has 10 rings (SSSR count). The van der Waals surface area contributed by atoms with Crippen molar-refractivity contribution in [1.29, 1.82) is 0 Å². The van der Waals surface area contributed by atoms with Crippen LogP contribution >= 0.6 is 11.3 Å². The third-order valence-electron chi connectivity index (χ3n) is 10.0. The molecule has 0 saturated heterocycles. The van der Waals surface area contributed by atoms with E-state index in [0.29, 0.717) is 0 Å². The average Bonchev–Trinajstić information content (AvgIpc) is 3.58. The number of hydrogen-bond acceptors (Lipinski definition) is 2. The summed E-state index contributed by atoms with van der Waals surface area (Å²) in [5.41, 5.74) is 8.22. The van der Waals surface area contributed by atoms with Crippen LogP contribution in [-0.2, 0) is 0 Å². The molecule has 9 aromatic carbocycles. The topological polar surface area (TPSA) is 3.24 Å². The molecule has 0 atom stereocenters. The molecular weight excluding hydrogens is 623 g/mol. The number of hydrogen-bond donors (Lipinski definition) is 0. The number of nitrogens with zero attached hydrogens (tertiary/aromatic N) is 1. The third-order valence-corrected chi connectivity index (χ3v) is 11.2. The Morgan fingerprint density at radius 3 is 1.86 bits per heavy atom. The first-order valence-electron chi connectivity index (χ1n) is 17.1. The van der Waals surface area contributed by atoms with Gasteiger partial charge in [-0.25, -0.2) is 0 Å². The first kappa shape index (κ1) is 28.8. The number of anilines is 3. The van der Waals surface area contributed by atoms with Gasteiger partial charge in [-0.3, -0.25) is 0 Å². The first-order chi connectivity index (χ1) is 24.8. The number of thiophene rings is 1. The van der Waals surface area contributed by atoms with Crippen molar-refractivity contribution >= 4 is 80.9 Å². The minimum Gasteiger partial charge on any atom is -0.310 e. The maximum atomic E-state index is 2.39. The number of fused-ring (bicyclic) bond motifs is 8. The Morgan fingerprint density at radius 2 is 0.980 bits per heavy atom. The van der Waals surface area contributed by atoms with E-state index in [1.54, 1.807) is 0 Å². The van der Waals surface area contributed by atoms with E-state index in [1.165, 1.54) is 74.7 Å². The summed E-state index contributed by atoms with van der Waals surface area (Å²) in [6, 6.07) is 68.7. The molecule has 0 saturated carbocycles. The quantitative estimate of drug-likeness (QED) is 0.167. The van der Waals surface area contributed by atoms with Gasteiger partial charge in [0.2, 0.25) is 0 Å². The number of benzene rings is 9. The van der Waals surface area contributed by atoms with E-state index < -0.39 is 0 Å². The van der Waals surface area contributed by atoms with Crippen LogP contribution in [0.5, 0.6) is 0 Å². The maximum absolute atomic E-state index is 2.39. The minimum atomic E-state index is 1.12. The second-order valence-corrected chi connectivity index (χ2v) is 14.0. The van der Waals surface area contributed by atoms with E-state index in [0.717, 1.165) is 17.1 Å². The maximum Gasteiger partial charge on any atom is 0.0468 e. The summed E-state index contributed by atoms with van der Waals surface area (Å²) in [7, 11) is 0. The summed E-state index contributed by atoms with van der Waals surface area (Å²) in [5, 5.41) is 10.3. The van der Waals surface area contributed by atoms with Crippen molar-refractivity contribution in [1.82, 2.24) is 0 Å². The summed E-state index contributed by atoms with van der Waals surface area (Å²) in [4.78, 5) is 2.39. The Morgan fingerprint density at radius 1 is 0.320 bits per heavy atom. The zero-order valence-corrected chi connectivity index (χ0v) is 28.1. The van der Waals surface area contributed by atoms with Gasteiger partial charge in [-0.15, -0.1) is 11.3 Å². The molecule has 0 radical (unpaired) electrons. The Kier molecular flexibility index (Phi) is 6.75. The molecule has 50 heavy (non-hydrogen) atoms. The highest BCUT2D eigenvalue weighted by atomic mass is 32.1. The second kappa shape index (κ2) is 11.7. The van der Waals surface area contributed by atoms with Gasteiger partial charge in [-0.1, -0.05) is 140 Å². The molecule has 0 aliphatic carbocycles. The van der Waals surface area contributed by atoms with Crippen LogP contribution in [0, 0.1) is 0 Å². The lowest BCUT2D eigenvalue weighted by Crippen LogP contribution is -2.10. The Bertz CT molecular complexity index is 2870. The lowest BCUT2D eigenvalue weighted by Gasteiger charge is -2.27. The summed E-state index contributed by atoms with van der Waals surface area (Å²) < 4.78 is 2.67. The molecule has 2 heteroatoms. The average molecular weight is 654 g/mol. The van der Waals surface area contributed by atoms with Gasteiger partial charge in [0.05, 0.1) is 0 Å². The molecule has 0 spiro atoms. The first-order valence-corrected chi connectivity index (χ1v) is 17.9. The van der Waals surface area contributed by atoms with E-state index in [2.05, 4.69) is 193 Å². The highest BCUT2D eigenvalue weighted by molar-refractivity contribution is 7.26. The van der Waals surface area contributed by atoms with Gasteiger partial charge < -0.3 is 4.90 Å². The minimum absolute atomic E-state index is 1.12. The van der Waals surface area contributed by atoms with Crippen LogP contribution in [0.15, 0.2) is 188 Å². The van der Waals surface area contributed by atoms with Gasteiger partial charge in [0.25, 0.3) is 0 Å². The van der Waals surface area contributed by atoms with Gasteiger partial charge in [-0.2, -0.15) is 0 Å². The Labute approximate surface area is 294 Å². The fraction of sp³-hybridized carbons (Fsp3) is 0. The van der Waals surface area contributed by atoms with Gasteiger partial charge in [0.1, 0.15) is 0 Å². The van der Waals surface area contributed by atoms with Gasteiger partial charge in [0, 0.05) is 37.2 Å². The van der Waals surface area contributed by atoms with Gasteiger partial charge >= 0.3 is 0 Å². The van der Waals surface area contributed by atoms with E-state index in [9.17, 15) is 0 Å². The molecule has 0 aliphatic heterocycles. The zero-order chi connectivity index (χ0) is 33.0. The van der Waals surface area contributed by atoms with Crippen LogP contribution in [0.4, 0.5) is 17.1 Å². The standard InChI is InChI=1S/C48H31NS/c1-2-10-32(11-3-1)36-13-8-14-38(30-36)49(39-27-24-35-21-20-33-12-4-5-15-41(33)45(35)31-39)37-25-22-34(23-26-37)40-17-9-18-43-42(40)28-29-47-48(43)44-16-6-7-19-46(44)50-47/h1-31H. The smallest absolute Gasteiger partial charge is 0.0468 e. The molecule has 1 nitrogen and oxygen atoms in total. The molecule has 0 bridgehead atoms. The van der Waals surface area contributed by atoms with Crippen LogP contribution in [0.2, 0.25) is 0 Å². The summed E-state index contributed by atoms with van der Waals surface area (Å²) in [6.45, 7) is 0. The monoisotopic (exact) mass is 653 g/mol. The fourth-order valence-corrected chi connectivity index (χ4v) is 8.78. The van der Waals surface area contributed by atoms with Crippen LogP contribution in [-0.4, -0.2) is 0 Å². The third kappa shape index (κ3) is 4.76. The van der Waals surface area contributed by atoms with Gasteiger partial charge in [-0.05, 0) is 103 Å². The van der Waals surface area contributed by atoms with Crippen molar-refractivity contribution < 1.29 is 0 Å². The zero-order valence-electron chi connectivity index (χ0n) is 27.3. The van der Waals surface area contributed by atoms with Crippen molar-refractivity contribution in [2.75, 3.05) is 4.90 Å². The molecule has 1 heterocycles. The predicted octanol–water partition coefficient (Wildman–Crippen LogP) is 14.3. The molecule has 0 N–H and O–H groups in total. The van der Waals surface area contributed by atoms with Crippen molar-refractivity contribution in [3.63, 3.8) is 0 Å². The lowest BCUT2D eigenvalue weighted by molar-refractivity contribution is 1.29. The van der Waals surface area contributed by atoms with E-state index in [4.69, 9.17) is 0 Å². The molecular formula is C48H31NS. The number of rotatable bonds is 5. The normalized spacial score (nSPS) is 11.6. The van der Waals surface area contributed by atoms with E-state index >= 15 is 0 Å². The Balaban J connectivity index is 1.13. The molecule has 10 aromatic rings. The largest absolute Gasteiger partial charge is 0.310 e. The molecule has 0 aliphatic rings. The van der Waals surface area contributed by atoms with E-state index in [1.807, 2.05) is 11.3 Å². The van der Waals surface area contributed by atoms with Crippen molar-refractivity contribution in [3.05, 3.63) is 188 Å². The van der Waals surface area contributed by atoms with Crippen LogP contribution in [0.25, 0.3) is 74.7 Å². The lowest BCUT2D eigenvalue weighted by atomic mass is 9.95. The summed E-state index contributed by atoms with van der Waals surface area (Å²) in [6.07, 6.45) is 0. The Hall–Kier alpha value is -6.22. The molecule has 0 unspecified atom stereocenters. The van der Waals surface area contributed by atoms with Gasteiger partial charge in [0.15, 0.2) is 0 Å². The molecule has 0 amide bonds. The van der Waals surface area contributed by atoms with Crippen molar-refractivity contribution in [3.8, 4) is 22.3 Å². The SMILES string of the molecule is c1ccc(-c2cccc(N(c3ccc(-c4cccc5c4ccc4sc6ccccc6c45)cc3)c3ccc4ccc5ccccc5c4c3)c2)cc1. The van der Waals surface area contributed by atoms with Crippen LogP contribution in [0.3, 0.4) is 0 Å². The highest BCUT2D eigenvalue weighted by Crippen LogP contribution is 2.43. The molecule has 234 valence electrons. The second-order valence-electron chi connectivity index (χ2n) is 12.9. The van der Waals surface area contributed by atoms with Crippen molar-refractivity contribution in [2.24, 2.45) is 0 Å².